The van der Waals surface area contributed by atoms with Crippen molar-refractivity contribution in [3.8, 4) is 11.1 Å². The summed E-state index contributed by atoms with van der Waals surface area (Å²) in [5.41, 5.74) is 0.998. The number of esters is 1. The smallest absolute Gasteiger partial charge is 0.337 e. The maximum Gasteiger partial charge on any atom is 0.337 e. The summed E-state index contributed by atoms with van der Waals surface area (Å²) in [6.45, 7) is 0. The van der Waals surface area contributed by atoms with Gasteiger partial charge >= 0.3 is 5.97 Å². The molecule has 0 bridgehead atoms. The summed E-state index contributed by atoms with van der Waals surface area (Å²) in [5, 5.41) is 0.328. The molecule has 0 heterocycles. The number of carbonyl (C=O) groups is 1. The zero-order chi connectivity index (χ0) is 14.0. The fourth-order valence-corrected chi connectivity index (χ4v) is 2.12. The molecule has 98 valence electrons. The predicted molar refractivity (Wildman–Crippen MR) is 73.2 cm³/mol. The van der Waals surface area contributed by atoms with Gasteiger partial charge in [-0.1, -0.05) is 35.3 Å². The summed E-state index contributed by atoms with van der Waals surface area (Å²) in [7, 11) is 1.27. The van der Waals surface area contributed by atoms with E-state index in [1.54, 1.807) is 18.2 Å². The quantitative estimate of drug-likeness (QED) is 0.758. The molecule has 0 aliphatic carbocycles. The first-order chi connectivity index (χ1) is 9.02. The predicted octanol–water partition coefficient (Wildman–Crippen LogP) is 4.59. The molecule has 0 aliphatic heterocycles. The molecule has 0 aliphatic rings. The van der Waals surface area contributed by atoms with Crippen LogP contribution in [0.2, 0.25) is 10.0 Å². The van der Waals surface area contributed by atoms with E-state index in [9.17, 15) is 9.18 Å². The Bertz CT molecular complexity index is 641. The van der Waals surface area contributed by atoms with Crippen LogP contribution < -0.4 is 0 Å². The van der Waals surface area contributed by atoms with Crippen LogP contribution in [0.25, 0.3) is 11.1 Å². The zero-order valence-corrected chi connectivity index (χ0v) is 11.4. The first-order valence-corrected chi connectivity index (χ1v) is 6.12. The third-order valence-corrected chi connectivity index (χ3v) is 3.09. The van der Waals surface area contributed by atoms with Gasteiger partial charge in [0.15, 0.2) is 0 Å². The lowest BCUT2D eigenvalue weighted by Gasteiger charge is -2.07. The van der Waals surface area contributed by atoms with Crippen LogP contribution in [0.1, 0.15) is 10.4 Å². The third-order valence-electron chi connectivity index (χ3n) is 2.58. The van der Waals surface area contributed by atoms with Crippen molar-refractivity contribution in [1.29, 1.82) is 0 Å². The van der Waals surface area contributed by atoms with Gasteiger partial charge in [-0.3, -0.25) is 0 Å². The van der Waals surface area contributed by atoms with Crippen LogP contribution in [0.4, 0.5) is 4.39 Å². The molecule has 0 radical (unpaired) electrons. The molecule has 2 aromatic rings. The van der Waals surface area contributed by atoms with Crippen molar-refractivity contribution in [3.05, 3.63) is 57.8 Å². The van der Waals surface area contributed by atoms with Crippen LogP contribution in [0.5, 0.6) is 0 Å². The number of methoxy groups -OCH3 is 1. The molecule has 0 saturated carbocycles. The van der Waals surface area contributed by atoms with E-state index in [2.05, 4.69) is 4.74 Å². The highest BCUT2D eigenvalue weighted by molar-refractivity contribution is 6.31. The first kappa shape index (κ1) is 13.8. The third kappa shape index (κ3) is 2.88. The highest BCUT2D eigenvalue weighted by Crippen LogP contribution is 2.30. The van der Waals surface area contributed by atoms with Crippen LogP contribution in [0.15, 0.2) is 36.4 Å². The minimum atomic E-state index is -0.553. The molecule has 19 heavy (non-hydrogen) atoms. The molecule has 0 aromatic heterocycles. The number of hydrogen-bond acceptors (Lipinski definition) is 2. The van der Waals surface area contributed by atoms with Gasteiger partial charge < -0.3 is 4.74 Å². The summed E-state index contributed by atoms with van der Waals surface area (Å²) < 4.78 is 18.6. The highest BCUT2D eigenvalue weighted by atomic mass is 35.5. The minimum absolute atomic E-state index is 0.0112. The molecular weight excluding hydrogens is 290 g/mol. The monoisotopic (exact) mass is 298 g/mol. The first-order valence-electron chi connectivity index (χ1n) is 5.36. The van der Waals surface area contributed by atoms with E-state index in [4.69, 9.17) is 23.2 Å². The Morgan fingerprint density at radius 3 is 2.63 bits per heavy atom. The van der Waals surface area contributed by atoms with E-state index in [-0.39, 0.29) is 16.1 Å². The maximum atomic E-state index is 13.9. The van der Waals surface area contributed by atoms with Gasteiger partial charge in [0.2, 0.25) is 0 Å². The van der Waals surface area contributed by atoms with E-state index < -0.39 is 11.8 Å². The van der Waals surface area contributed by atoms with Crippen molar-refractivity contribution in [3.63, 3.8) is 0 Å². The Kier molecular flexibility index (Phi) is 4.08. The van der Waals surface area contributed by atoms with Gasteiger partial charge in [0.05, 0.1) is 17.7 Å². The van der Waals surface area contributed by atoms with Crippen molar-refractivity contribution < 1.29 is 13.9 Å². The fraction of sp³-hybridized carbons (Fsp3) is 0.0714. The van der Waals surface area contributed by atoms with Crippen LogP contribution in [-0.4, -0.2) is 13.1 Å². The number of carbonyl (C=O) groups excluding carboxylic acids is 1. The molecule has 5 heteroatoms. The second kappa shape index (κ2) is 5.59. The molecule has 0 atom stereocenters. The standard InChI is InChI=1S/C14H9Cl2FO2/c1-19-14(18)9-5-8(6-10(15)7-9)11-3-2-4-12(16)13(11)17/h2-7H,1H3. The second-order valence-corrected chi connectivity index (χ2v) is 4.67. The summed E-state index contributed by atoms with van der Waals surface area (Å²) in [5.74, 6) is -1.09. The molecule has 2 rings (SSSR count). The van der Waals surface area contributed by atoms with Crippen molar-refractivity contribution in [2.24, 2.45) is 0 Å². The van der Waals surface area contributed by atoms with E-state index >= 15 is 0 Å². The number of ether oxygens (including phenoxy) is 1. The van der Waals surface area contributed by atoms with Gasteiger partial charge in [0.1, 0.15) is 5.82 Å². The average molecular weight is 299 g/mol. The van der Waals surface area contributed by atoms with Gasteiger partial charge in [-0.25, -0.2) is 9.18 Å². The van der Waals surface area contributed by atoms with Crippen molar-refractivity contribution in [2.45, 2.75) is 0 Å². The Balaban J connectivity index is 2.59. The van der Waals surface area contributed by atoms with Gasteiger partial charge in [-0.05, 0) is 29.8 Å². The Morgan fingerprint density at radius 1 is 1.21 bits per heavy atom. The Morgan fingerprint density at radius 2 is 1.95 bits per heavy atom. The molecule has 0 saturated heterocycles. The van der Waals surface area contributed by atoms with Crippen LogP contribution >= 0.6 is 23.2 Å². The summed E-state index contributed by atoms with van der Waals surface area (Å²) >= 11 is 11.7. The number of hydrogen-bond donors (Lipinski definition) is 0. The zero-order valence-electron chi connectivity index (χ0n) is 9.91. The summed E-state index contributed by atoms with van der Waals surface area (Å²) in [6, 6.07) is 9.16. The van der Waals surface area contributed by atoms with E-state index in [0.29, 0.717) is 10.6 Å². The highest BCUT2D eigenvalue weighted by Gasteiger charge is 2.13. The van der Waals surface area contributed by atoms with Gasteiger partial charge in [0, 0.05) is 10.6 Å². The molecule has 2 nitrogen and oxygen atoms in total. The lowest BCUT2D eigenvalue weighted by atomic mass is 10.0. The van der Waals surface area contributed by atoms with Gasteiger partial charge in [-0.2, -0.15) is 0 Å². The van der Waals surface area contributed by atoms with Crippen LogP contribution in [0, 0.1) is 5.82 Å². The normalized spacial score (nSPS) is 10.3. The van der Waals surface area contributed by atoms with E-state index in [1.807, 2.05) is 0 Å². The fourth-order valence-electron chi connectivity index (χ4n) is 1.71. The molecule has 2 aromatic carbocycles. The number of rotatable bonds is 2. The SMILES string of the molecule is COC(=O)c1cc(Cl)cc(-c2cccc(Cl)c2F)c1. The van der Waals surface area contributed by atoms with Crippen molar-refractivity contribution in [2.75, 3.05) is 7.11 Å². The Labute approximate surface area is 119 Å². The molecular formula is C14H9Cl2FO2. The van der Waals surface area contributed by atoms with E-state index in [1.165, 1.54) is 25.3 Å². The van der Waals surface area contributed by atoms with Crippen molar-refractivity contribution >= 4 is 29.2 Å². The van der Waals surface area contributed by atoms with Gasteiger partial charge in [-0.15, -0.1) is 0 Å². The van der Waals surface area contributed by atoms with Crippen LogP contribution in [-0.2, 0) is 4.74 Å². The summed E-state index contributed by atoms with van der Waals surface area (Å²) in [6.07, 6.45) is 0. The molecule has 0 spiro atoms. The average Bonchev–Trinajstić information content (AvgIpc) is 2.40. The lowest BCUT2D eigenvalue weighted by molar-refractivity contribution is 0.0601. The molecule has 0 N–H and O–H groups in total. The molecule has 0 fully saturated rings. The minimum Gasteiger partial charge on any atom is -0.465 e. The number of benzene rings is 2. The second-order valence-electron chi connectivity index (χ2n) is 3.82. The number of halogens is 3. The Hall–Kier alpha value is -1.58. The summed E-state index contributed by atoms with van der Waals surface area (Å²) in [4.78, 5) is 11.5. The van der Waals surface area contributed by atoms with Crippen LogP contribution in [0.3, 0.4) is 0 Å². The van der Waals surface area contributed by atoms with Gasteiger partial charge in [0.25, 0.3) is 0 Å². The van der Waals surface area contributed by atoms with E-state index in [0.717, 1.165) is 0 Å². The largest absolute Gasteiger partial charge is 0.465 e. The molecule has 0 unspecified atom stereocenters. The topological polar surface area (TPSA) is 26.3 Å². The maximum absolute atomic E-state index is 13.9. The lowest BCUT2D eigenvalue weighted by Crippen LogP contribution is -2.01. The van der Waals surface area contributed by atoms with Crippen molar-refractivity contribution in [1.82, 2.24) is 0 Å². The molecule has 0 amide bonds.